The number of hydrogen-bond donors (Lipinski definition) is 1. The number of rotatable bonds is 2. The lowest BCUT2D eigenvalue weighted by atomic mass is 10.2. The van der Waals surface area contributed by atoms with Crippen LogP contribution in [0, 0.1) is 6.92 Å². The Morgan fingerprint density at radius 1 is 1.19 bits per heavy atom. The van der Waals surface area contributed by atoms with Crippen LogP contribution in [-0.2, 0) is 4.74 Å². The van der Waals surface area contributed by atoms with Crippen molar-refractivity contribution in [3.05, 3.63) is 23.1 Å². The van der Waals surface area contributed by atoms with E-state index in [9.17, 15) is 4.79 Å². The molecule has 2 aromatic heterocycles. The van der Waals surface area contributed by atoms with Crippen molar-refractivity contribution in [2.45, 2.75) is 33.3 Å². The summed E-state index contributed by atoms with van der Waals surface area (Å²) >= 11 is 5.92. The number of hydrogen-bond acceptors (Lipinski definition) is 7. The van der Waals surface area contributed by atoms with Crippen molar-refractivity contribution in [3.63, 3.8) is 0 Å². The molecule has 0 aliphatic carbocycles. The van der Waals surface area contributed by atoms with Gasteiger partial charge in [-0.05, 0) is 27.7 Å². The van der Waals surface area contributed by atoms with Gasteiger partial charge in [-0.3, -0.25) is 0 Å². The molecule has 2 aromatic rings. The van der Waals surface area contributed by atoms with Crippen LogP contribution >= 0.6 is 11.6 Å². The minimum Gasteiger partial charge on any atom is -0.444 e. The first kappa shape index (κ1) is 19.2. The van der Waals surface area contributed by atoms with Crippen molar-refractivity contribution in [2.24, 2.45) is 0 Å². The van der Waals surface area contributed by atoms with Crippen molar-refractivity contribution in [3.8, 4) is 5.69 Å². The van der Waals surface area contributed by atoms with E-state index in [2.05, 4.69) is 20.2 Å². The third kappa shape index (κ3) is 4.41. The van der Waals surface area contributed by atoms with Crippen LogP contribution < -0.4 is 10.6 Å². The third-order valence-electron chi connectivity index (χ3n) is 4.16. The van der Waals surface area contributed by atoms with Gasteiger partial charge in [-0.15, -0.1) is 10.2 Å². The van der Waals surface area contributed by atoms with Gasteiger partial charge in [0.2, 0.25) is 0 Å². The van der Waals surface area contributed by atoms with E-state index in [4.69, 9.17) is 22.1 Å². The number of ether oxygens (including phenoxy) is 1. The number of nitrogen functional groups attached to an aromatic ring is 1. The molecule has 1 fully saturated rings. The topological polar surface area (TPSA) is 102 Å². The molecule has 0 saturated carbocycles. The van der Waals surface area contributed by atoms with Crippen molar-refractivity contribution >= 4 is 29.2 Å². The zero-order chi connectivity index (χ0) is 19.8. The molecule has 0 spiro atoms. The van der Waals surface area contributed by atoms with Crippen LogP contribution in [0.3, 0.4) is 0 Å². The summed E-state index contributed by atoms with van der Waals surface area (Å²) in [4.78, 5) is 16.1. The highest BCUT2D eigenvalue weighted by Crippen LogP contribution is 2.25. The summed E-state index contributed by atoms with van der Waals surface area (Å²) in [5, 5.41) is 12.3. The molecular formula is C17H24ClN7O2. The monoisotopic (exact) mass is 393 g/mol. The van der Waals surface area contributed by atoms with Gasteiger partial charge < -0.3 is 20.3 Å². The lowest BCUT2D eigenvalue weighted by Gasteiger charge is -2.36. The standard InChI is InChI=1S/C17H24ClN7O2/c1-11-13(10-25(22-11)12-9-14(18)20-21-15(12)19)23-5-7-24(8-6-23)16(26)27-17(2,3)4/h9-10H,5-8H2,1-4H3,(H2,19,21). The van der Waals surface area contributed by atoms with Crippen LogP contribution in [0.25, 0.3) is 5.69 Å². The van der Waals surface area contributed by atoms with E-state index in [0.717, 1.165) is 11.4 Å². The second-order valence-electron chi connectivity index (χ2n) is 7.44. The Morgan fingerprint density at radius 3 is 2.48 bits per heavy atom. The summed E-state index contributed by atoms with van der Waals surface area (Å²) in [6.07, 6.45) is 1.61. The Bertz CT molecular complexity index is 838. The number of nitrogens with zero attached hydrogens (tertiary/aromatic N) is 6. The van der Waals surface area contributed by atoms with E-state index in [-0.39, 0.29) is 17.1 Å². The van der Waals surface area contributed by atoms with Crippen LogP contribution in [0.4, 0.5) is 16.3 Å². The van der Waals surface area contributed by atoms with E-state index < -0.39 is 5.60 Å². The third-order valence-corrected chi connectivity index (χ3v) is 4.35. The van der Waals surface area contributed by atoms with Gasteiger partial charge in [-0.25, -0.2) is 9.48 Å². The van der Waals surface area contributed by atoms with Gasteiger partial charge in [0.15, 0.2) is 11.0 Å². The molecular weight excluding hydrogens is 370 g/mol. The number of halogens is 1. The van der Waals surface area contributed by atoms with E-state index in [1.165, 1.54) is 0 Å². The highest BCUT2D eigenvalue weighted by Gasteiger charge is 2.27. The number of carbonyl (C=O) groups is 1. The van der Waals surface area contributed by atoms with Gasteiger partial charge in [0.25, 0.3) is 0 Å². The van der Waals surface area contributed by atoms with Gasteiger partial charge in [0, 0.05) is 32.2 Å². The van der Waals surface area contributed by atoms with Gasteiger partial charge in [0.05, 0.1) is 17.6 Å². The molecule has 0 aromatic carbocycles. The van der Waals surface area contributed by atoms with Crippen LogP contribution in [0.5, 0.6) is 0 Å². The lowest BCUT2D eigenvalue weighted by Crippen LogP contribution is -2.50. The molecule has 3 rings (SSSR count). The molecule has 10 heteroatoms. The molecule has 3 heterocycles. The Kier molecular flexibility index (Phi) is 5.14. The second kappa shape index (κ2) is 7.22. The normalized spacial score (nSPS) is 15.1. The summed E-state index contributed by atoms with van der Waals surface area (Å²) in [5.74, 6) is 0.253. The summed E-state index contributed by atoms with van der Waals surface area (Å²) in [7, 11) is 0. The fourth-order valence-electron chi connectivity index (χ4n) is 2.89. The van der Waals surface area contributed by atoms with Gasteiger partial charge >= 0.3 is 6.09 Å². The Hall–Kier alpha value is -2.55. The maximum atomic E-state index is 12.2. The number of amides is 1. The van der Waals surface area contributed by atoms with Crippen LogP contribution in [-0.4, -0.2) is 62.8 Å². The lowest BCUT2D eigenvalue weighted by molar-refractivity contribution is 0.0240. The maximum absolute atomic E-state index is 12.2. The molecule has 1 amide bonds. The SMILES string of the molecule is Cc1nn(-c2cc(Cl)nnc2N)cc1N1CCN(C(=O)OC(C)(C)C)CC1. The van der Waals surface area contributed by atoms with Crippen LogP contribution in [0.15, 0.2) is 12.3 Å². The molecule has 0 unspecified atom stereocenters. The molecule has 1 aliphatic rings. The zero-order valence-corrected chi connectivity index (χ0v) is 16.7. The van der Waals surface area contributed by atoms with Gasteiger partial charge in [-0.1, -0.05) is 11.6 Å². The summed E-state index contributed by atoms with van der Waals surface area (Å²) < 4.78 is 7.09. The number of aromatic nitrogens is 4. The molecule has 0 atom stereocenters. The van der Waals surface area contributed by atoms with Gasteiger partial charge in [0.1, 0.15) is 11.3 Å². The molecule has 1 aliphatic heterocycles. The molecule has 2 N–H and O–H groups in total. The molecule has 9 nitrogen and oxygen atoms in total. The molecule has 0 radical (unpaired) electrons. The Balaban J connectivity index is 1.71. The zero-order valence-electron chi connectivity index (χ0n) is 15.9. The number of piperazine rings is 1. The number of anilines is 2. The summed E-state index contributed by atoms with van der Waals surface area (Å²) in [5.41, 5.74) is 7.81. The average Bonchev–Trinajstić information content (AvgIpc) is 2.97. The van der Waals surface area contributed by atoms with Crippen LogP contribution in [0.2, 0.25) is 5.15 Å². The minimum atomic E-state index is -0.494. The molecule has 146 valence electrons. The molecule has 27 heavy (non-hydrogen) atoms. The first-order chi connectivity index (χ1) is 12.6. The highest BCUT2D eigenvalue weighted by atomic mass is 35.5. The quantitative estimate of drug-likeness (QED) is 0.834. The van der Waals surface area contributed by atoms with Gasteiger partial charge in [-0.2, -0.15) is 5.10 Å². The molecule has 1 saturated heterocycles. The Morgan fingerprint density at radius 2 is 1.85 bits per heavy atom. The van der Waals surface area contributed by atoms with E-state index in [1.807, 2.05) is 33.9 Å². The molecule has 0 bridgehead atoms. The second-order valence-corrected chi connectivity index (χ2v) is 7.82. The maximum Gasteiger partial charge on any atom is 0.410 e. The van der Waals surface area contributed by atoms with E-state index in [0.29, 0.717) is 31.9 Å². The fourth-order valence-corrected chi connectivity index (χ4v) is 3.03. The number of aryl methyl sites for hydroxylation is 1. The van der Waals surface area contributed by atoms with Crippen LogP contribution in [0.1, 0.15) is 26.5 Å². The van der Waals surface area contributed by atoms with E-state index >= 15 is 0 Å². The minimum absolute atomic E-state index is 0.250. The summed E-state index contributed by atoms with van der Waals surface area (Å²) in [6, 6.07) is 1.63. The number of carbonyl (C=O) groups excluding carboxylic acids is 1. The van der Waals surface area contributed by atoms with Crippen molar-refractivity contribution in [2.75, 3.05) is 36.8 Å². The van der Waals surface area contributed by atoms with E-state index in [1.54, 1.807) is 15.6 Å². The highest BCUT2D eigenvalue weighted by molar-refractivity contribution is 6.29. The summed E-state index contributed by atoms with van der Waals surface area (Å²) in [6.45, 7) is 10.1. The largest absolute Gasteiger partial charge is 0.444 e. The Labute approximate surface area is 163 Å². The number of nitrogens with two attached hydrogens (primary N) is 1. The first-order valence-corrected chi connectivity index (χ1v) is 9.10. The average molecular weight is 394 g/mol. The van der Waals surface area contributed by atoms with Crippen molar-refractivity contribution in [1.82, 2.24) is 24.9 Å². The predicted octanol–water partition coefficient (Wildman–Crippen LogP) is 2.26. The van der Waals surface area contributed by atoms with Crippen molar-refractivity contribution in [1.29, 1.82) is 0 Å². The fraction of sp³-hybridized carbons (Fsp3) is 0.529. The van der Waals surface area contributed by atoms with Crippen molar-refractivity contribution < 1.29 is 9.53 Å². The predicted molar refractivity (Wildman–Crippen MR) is 103 cm³/mol. The smallest absolute Gasteiger partial charge is 0.410 e. The first-order valence-electron chi connectivity index (χ1n) is 8.72.